The number of nitrogens with zero attached hydrogens (tertiary/aromatic N) is 2. The number of imidazole rings is 1. The fraction of sp³-hybridized carbons (Fsp3) is 0.0769. The van der Waals surface area contributed by atoms with Crippen molar-refractivity contribution in [3.63, 3.8) is 0 Å². The molecule has 3 rings (SSSR count). The first-order chi connectivity index (χ1) is 8.28. The van der Waals surface area contributed by atoms with Crippen LogP contribution in [0.25, 0.3) is 16.2 Å². The highest BCUT2D eigenvalue weighted by Gasteiger charge is 2.08. The van der Waals surface area contributed by atoms with Crippen molar-refractivity contribution in [1.82, 2.24) is 9.38 Å². The number of carbonyl (C=O) groups is 1. The quantitative estimate of drug-likeness (QED) is 0.647. The van der Waals surface area contributed by atoms with Crippen LogP contribution in [0.3, 0.4) is 0 Å². The third-order valence-electron chi connectivity index (χ3n) is 2.63. The highest BCUT2D eigenvalue weighted by Crippen LogP contribution is 2.27. The van der Waals surface area contributed by atoms with E-state index >= 15 is 0 Å². The average Bonchev–Trinajstić information content (AvgIpc) is 2.93. The third-order valence-corrected chi connectivity index (χ3v) is 3.66. The van der Waals surface area contributed by atoms with Gasteiger partial charge in [-0.05, 0) is 31.2 Å². The van der Waals surface area contributed by atoms with E-state index in [1.165, 1.54) is 4.88 Å². The molecule has 0 bridgehead atoms. The fourth-order valence-electron chi connectivity index (χ4n) is 1.82. The van der Waals surface area contributed by atoms with Crippen molar-refractivity contribution < 1.29 is 4.79 Å². The Bertz CT molecular complexity index is 696. The van der Waals surface area contributed by atoms with Gasteiger partial charge >= 0.3 is 0 Å². The van der Waals surface area contributed by atoms with Gasteiger partial charge in [0.05, 0.1) is 16.1 Å². The molecule has 84 valence electrons. The number of aromatic nitrogens is 2. The minimum atomic E-state index is 0.618. The summed E-state index contributed by atoms with van der Waals surface area (Å²) in [5.74, 6) is 0. The van der Waals surface area contributed by atoms with E-state index in [2.05, 4.69) is 24.0 Å². The van der Waals surface area contributed by atoms with Crippen LogP contribution >= 0.6 is 11.3 Å². The van der Waals surface area contributed by atoms with Gasteiger partial charge in [-0.2, -0.15) is 0 Å². The monoisotopic (exact) mass is 242 g/mol. The Morgan fingerprint density at radius 3 is 2.94 bits per heavy atom. The van der Waals surface area contributed by atoms with Gasteiger partial charge in [-0.3, -0.25) is 4.79 Å². The van der Waals surface area contributed by atoms with E-state index in [0.29, 0.717) is 11.2 Å². The summed E-state index contributed by atoms with van der Waals surface area (Å²) in [4.78, 5) is 17.8. The number of hydrogen-bond acceptors (Lipinski definition) is 3. The Kier molecular flexibility index (Phi) is 2.30. The second-order valence-corrected chi connectivity index (χ2v) is 5.14. The van der Waals surface area contributed by atoms with Crippen LogP contribution in [-0.4, -0.2) is 15.7 Å². The lowest BCUT2D eigenvalue weighted by Crippen LogP contribution is -1.88. The van der Waals surface area contributed by atoms with Crippen LogP contribution in [-0.2, 0) is 0 Å². The van der Waals surface area contributed by atoms with E-state index in [1.54, 1.807) is 17.4 Å². The molecule has 0 aromatic carbocycles. The molecule has 3 nitrogen and oxygen atoms in total. The van der Waals surface area contributed by atoms with Crippen molar-refractivity contribution in [3.8, 4) is 10.6 Å². The van der Waals surface area contributed by atoms with Gasteiger partial charge in [-0.1, -0.05) is 0 Å². The summed E-state index contributed by atoms with van der Waals surface area (Å²) in [7, 11) is 0. The number of carbonyl (C=O) groups excluding carboxylic acids is 1. The molecule has 0 aliphatic heterocycles. The van der Waals surface area contributed by atoms with Crippen LogP contribution in [0.2, 0.25) is 0 Å². The average molecular weight is 242 g/mol. The number of hydrogen-bond donors (Lipinski definition) is 0. The van der Waals surface area contributed by atoms with Crippen LogP contribution in [0.4, 0.5) is 0 Å². The summed E-state index contributed by atoms with van der Waals surface area (Å²) in [6.45, 7) is 2.07. The second kappa shape index (κ2) is 3.82. The number of pyridine rings is 1. The van der Waals surface area contributed by atoms with Crippen molar-refractivity contribution >= 4 is 23.3 Å². The predicted molar refractivity (Wildman–Crippen MR) is 68.6 cm³/mol. The predicted octanol–water partition coefficient (Wildman–Crippen LogP) is 3.18. The highest BCUT2D eigenvalue weighted by atomic mass is 32.1. The number of aldehydes is 1. The number of thiophene rings is 1. The molecule has 3 heterocycles. The lowest BCUT2D eigenvalue weighted by molar-refractivity contribution is 0.112. The maximum absolute atomic E-state index is 10.9. The van der Waals surface area contributed by atoms with E-state index in [9.17, 15) is 4.79 Å². The smallest absolute Gasteiger partial charge is 0.153 e. The zero-order valence-electron chi connectivity index (χ0n) is 9.25. The summed E-state index contributed by atoms with van der Waals surface area (Å²) in [5, 5.41) is 0. The maximum atomic E-state index is 10.9. The summed E-state index contributed by atoms with van der Waals surface area (Å²) in [6.07, 6.45) is 4.69. The Morgan fingerprint density at radius 1 is 1.35 bits per heavy atom. The van der Waals surface area contributed by atoms with E-state index in [1.807, 2.05) is 22.9 Å². The van der Waals surface area contributed by atoms with Crippen molar-refractivity contribution in [2.75, 3.05) is 0 Å². The summed E-state index contributed by atoms with van der Waals surface area (Å²) in [5.41, 5.74) is 2.24. The molecule has 0 aliphatic rings. The van der Waals surface area contributed by atoms with Gasteiger partial charge in [0.15, 0.2) is 6.29 Å². The van der Waals surface area contributed by atoms with Crippen LogP contribution in [0, 0.1) is 6.92 Å². The van der Waals surface area contributed by atoms with Crippen LogP contribution in [0.15, 0.2) is 36.7 Å². The van der Waals surface area contributed by atoms with Gasteiger partial charge < -0.3 is 4.40 Å². The zero-order valence-corrected chi connectivity index (χ0v) is 10.1. The SMILES string of the molecule is Cc1ccc(-c2cn3cccc(C=O)c3n2)s1. The van der Waals surface area contributed by atoms with E-state index in [0.717, 1.165) is 16.9 Å². The second-order valence-electron chi connectivity index (χ2n) is 3.85. The van der Waals surface area contributed by atoms with Crippen molar-refractivity contribution in [1.29, 1.82) is 0 Å². The molecular weight excluding hydrogens is 232 g/mol. The largest absolute Gasteiger partial charge is 0.306 e. The Hall–Kier alpha value is -1.94. The van der Waals surface area contributed by atoms with E-state index < -0.39 is 0 Å². The van der Waals surface area contributed by atoms with Crippen LogP contribution in [0.5, 0.6) is 0 Å². The molecule has 4 heteroatoms. The molecular formula is C13H10N2OS. The molecule has 17 heavy (non-hydrogen) atoms. The van der Waals surface area contributed by atoms with E-state index in [-0.39, 0.29) is 0 Å². The zero-order chi connectivity index (χ0) is 11.8. The summed E-state index contributed by atoms with van der Waals surface area (Å²) >= 11 is 1.71. The minimum Gasteiger partial charge on any atom is -0.306 e. The molecule has 0 saturated carbocycles. The first-order valence-electron chi connectivity index (χ1n) is 5.27. The lowest BCUT2D eigenvalue weighted by Gasteiger charge is -1.93. The third kappa shape index (κ3) is 1.66. The Morgan fingerprint density at radius 2 is 2.24 bits per heavy atom. The number of fused-ring (bicyclic) bond motifs is 1. The summed E-state index contributed by atoms with van der Waals surface area (Å²) in [6, 6.07) is 7.76. The molecule has 3 aromatic heterocycles. The standard InChI is InChI=1S/C13H10N2OS/c1-9-4-5-12(17-9)11-7-15-6-2-3-10(8-16)13(15)14-11/h2-8H,1H3. The van der Waals surface area contributed by atoms with Crippen LogP contribution < -0.4 is 0 Å². The molecule has 3 aromatic rings. The molecule has 0 amide bonds. The highest BCUT2D eigenvalue weighted by molar-refractivity contribution is 7.15. The number of aryl methyl sites for hydroxylation is 1. The fourth-order valence-corrected chi connectivity index (χ4v) is 2.64. The molecule has 0 N–H and O–H groups in total. The molecule has 0 radical (unpaired) electrons. The molecule has 0 atom stereocenters. The Balaban J connectivity index is 2.23. The molecule has 0 aliphatic carbocycles. The molecule has 0 spiro atoms. The van der Waals surface area contributed by atoms with Gasteiger partial charge in [-0.25, -0.2) is 4.98 Å². The Labute approximate surface area is 102 Å². The van der Waals surface area contributed by atoms with Crippen molar-refractivity contribution in [3.05, 3.63) is 47.1 Å². The van der Waals surface area contributed by atoms with Gasteiger partial charge in [0, 0.05) is 17.3 Å². The van der Waals surface area contributed by atoms with Crippen molar-refractivity contribution in [2.45, 2.75) is 6.92 Å². The van der Waals surface area contributed by atoms with Gasteiger partial charge in [-0.15, -0.1) is 11.3 Å². The summed E-state index contributed by atoms with van der Waals surface area (Å²) < 4.78 is 1.88. The van der Waals surface area contributed by atoms with Gasteiger partial charge in [0.2, 0.25) is 0 Å². The molecule has 0 saturated heterocycles. The number of rotatable bonds is 2. The first-order valence-corrected chi connectivity index (χ1v) is 6.09. The van der Waals surface area contributed by atoms with E-state index in [4.69, 9.17) is 0 Å². The topological polar surface area (TPSA) is 34.4 Å². The molecule has 0 fully saturated rings. The van der Waals surface area contributed by atoms with Crippen LogP contribution in [0.1, 0.15) is 15.2 Å². The lowest BCUT2D eigenvalue weighted by atomic mass is 10.3. The minimum absolute atomic E-state index is 0.618. The first kappa shape index (κ1) is 10.2. The van der Waals surface area contributed by atoms with Gasteiger partial charge in [0.1, 0.15) is 5.65 Å². The normalized spacial score (nSPS) is 10.9. The maximum Gasteiger partial charge on any atom is 0.153 e. The van der Waals surface area contributed by atoms with Crippen molar-refractivity contribution in [2.24, 2.45) is 0 Å². The molecule has 0 unspecified atom stereocenters. The van der Waals surface area contributed by atoms with Gasteiger partial charge in [0.25, 0.3) is 0 Å².